The smallest absolute Gasteiger partial charge is 0.330 e. The number of hydrogen-bond donors (Lipinski definition) is 0. The standard InChI is InChI=1S/C28H38O4/c1-19-9-10-24(27(2,3)23-7-5-4-6-8-23)25(13-19)32-26(29)16-20-14-21-17-28(18-22(21)15-20)30-11-12-31-28/h4-8,16,19,21-22,24-25H,9-15,17-18H2,1-3H3/t19-,21-,22+,24-,25-/m1/s1. The molecule has 0 radical (unpaired) electrons. The van der Waals surface area contributed by atoms with Crippen molar-refractivity contribution >= 4 is 5.97 Å². The van der Waals surface area contributed by atoms with Crippen molar-refractivity contribution in [3.63, 3.8) is 0 Å². The summed E-state index contributed by atoms with van der Waals surface area (Å²) in [5.41, 5.74) is 2.55. The molecule has 1 aromatic carbocycles. The number of benzene rings is 1. The van der Waals surface area contributed by atoms with E-state index in [0.29, 0.717) is 23.7 Å². The van der Waals surface area contributed by atoms with Gasteiger partial charge in [-0.25, -0.2) is 4.79 Å². The summed E-state index contributed by atoms with van der Waals surface area (Å²) in [5.74, 6) is 1.62. The van der Waals surface area contributed by atoms with Crippen LogP contribution in [0.15, 0.2) is 42.0 Å². The van der Waals surface area contributed by atoms with Gasteiger partial charge >= 0.3 is 5.97 Å². The van der Waals surface area contributed by atoms with Gasteiger partial charge in [0.1, 0.15) is 6.10 Å². The predicted molar refractivity (Wildman–Crippen MR) is 124 cm³/mol. The van der Waals surface area contributed by atoms with Crippen molar-refractivity contribution < 1.29 is 19.0 Å². The number of carbonyl (C=O) groups is 1. The molecular formula is C28H38O4. The van der Waals surface area contributed by atoms with E-state index in [2.05, 4.69) is 51.1 Å². The summed E-state index contributed by atoms with van der Waals surface area (Å²) in [6.07, 6.45) is 8.95. The fraction of sp³-hybridized carbons (Fsp3) is 0.679. The van der Waals surface area contributed by atoms with E-state index in [9.17, 15) is 4.79 Å². The molecule has 4 aliphatic rings. The Kier molecular flexibility index (Phi) is 5.96. The second kappa shape index (κ2) is 8.61. The van der Waals surface area contributed by atoms with Crippen molar-refractivity contribution in [3.8, 4) is 0 Å². The second-order valence-electron chi connectivity index (χ2n) is 11.3. The van der Waals surface area contributed by atoms with Gasteiger partial charge in [-0.1, -0.05) is 63.1 Å². The number of fused-ring (bicyclic) bond motifs is 1. The third-order valence-corrected chi connectivity index (χ3v) is 8.76. The first kappa shape index (κ1) is 22.2. The summed E-state index contributed by atoms with van der Waals surface area (Å²) < 4.78 is 18.0. The Hall–Kier alpha value is -1.65. The van der Waals surface area contributed by atoms with Gasteiger partial charge in [0, 0.05) is 24.8 Å². The highest BCUT2D eigenvalue weighted by molar-refractivity contribution is 5.83. The van der Waals surface area contributed by atoms with Gasteiger partial charge in [0.05, 0.1) is 13.2 Å². The van der Waals surface area contributed by atoms with Gasteiger partial charge in [0.25, 0.3) is 0 Å². The molecule has 0 amide bonds. The lowest BCUT2D eigenvalue weighted by Crippen LogP contribution is -2.43. The van der Waals surface area contributed by atoms with Crippen molar-refractivity contribution in [1.29, 1.82) is 0 Å². The van der Waals surface area contributed by atoms with Crippen LogP contribution in [-0.2, 0) is 24.4 Å². The maximum absolute atomic E-state index is 13.0. The van der Waals surface area contributed by atoms with E-state index >= 15 is 0 Å². The lowest BCUT2D eigenvalue weighted by molar-refractivity contribution is -0.154. The van der Waals surface area contributed by atoms with Crippen LogP contribution in [-0.4, -0.2) is 31.1 Å². The average Bonchev–Trinajstić information content (AvgIpc) is 3.44. The van der Waals surface area contributed by atoms with E-state index in [0.717, 1.165) is 51.7 Å². The zero-order valence-electron chi connectivity index (χ0n) is 19.8. The second-order valence-corrected chi connectivity index (χ2v) is 11.3. The Morgan fingerprint density at radius 2 is 1.72 bits per heavy atom. The summed E-state index contributed by atoms with van der Waals surface area (Å²) in [5, 5.41) is 0. The number of esters is 1. The molecule has 0 N–H and O–H groups in total. The molecule has 1 heterocycles. The van der Waals surface area contributed by atoms with Crippen molar-refractivity contribution in [2.45, 2.75) is 83.0 Å². The highest BCUT2D eigenvalue weighted by atomic mass is 16.7. The van der Waals surface area contributed by atoms with Crippen molar-refractivity contribution in [2.75, 3.05) is 13.2 Å². The van der Waals surface area contributed by atoms with Gasteiger partial charge in [-0.15, -0.1) is 0 Å². The molecule has 1 aliphatic heterocycles. The SMILES string of the molecule is C[C@@H]1CC[C@@H](C(C)(C)c2ccccc2)[C@H](OC(=O)C=C2C[C@@H]3CC4(C[C@@H]3C2)OCCO4)C1. The van der Waals surface area contributed by atoms with E-state index in [1.165, 1.54) is 17.6 Å². The third kappa shape index (κ3) is 4.28. The molecule has 5 atom stereocenters. The molecule has 5 rings (SSSR count). The summed E-state index contributed by atoms with van der Waals surface area (Å²) in [7, 11) is 0. The molecule has 3 saturated carbocycles. The molecule has 32 heavy (non-hydrogen) atoms. The van der Waals surface area contributed by atoms with Crippen LogP contribution >= 0.6 is 0 Å². The quantitative estimate of drug-likeness (QED) is 0.440. The molecule has 4 fully saturated rings. The van der Waals surface area contributed by atoms with Crippen molar-refractivity contribution in [2.24, 2.45) is 23.7 Å². The first-order valence-electron chi connectivity index (χ1n) is 12.6. The summed E-state index contributed by atoms with van der Waals surface area (Å²) in [4.78, 5) is 13.0. The number of allylic oxidation sites excluding steroid dienone is 1. The molecule has 4 nitrogen and oxygen atoms in total. The normalized spacial score (nSPS) is 35.3. The van der Waals surface area contributed by atoms with Gasteiger partial charge in [-0.2, -0.15) is 0 Å². The Balaban J connectivity index is 1.24. The van der Waals surface area contributed by atoms with Gasteiger partial charge in [-0.05, 0) is 54.4 Å². The molecule has 174 valence electrons. The minimum absolute atomic E-state index is 0.0252. The van der Waals surface area contributed by atoms with Gasteiger partial charge in [-0.3, -0.25) is 0 Å². The zero-order valence-corrected chi connectivity index (χ0v) is 19.8. The van der Waals surface area contributed by atoms with Crippen LogP contribution in [0.5, 0.6) is 0 Å². The van der Waals surface area contributed by atoms with Crippen LogP contribution < -0.4 is 0 Å². The van der Waals surface area contributed by atoms with Crippen LogP contribution in [0, 0.1) is 23.7 Å². The molecular weight excluding hydrogens is 400 g/mol. The Morgan fingerprint density at radius 3 is 2.38 bits per heavy atom. The molecule has 4 heteroatoms. The number of rotatable bonds is 4. The minimum atomic E-state index is -0.324. The van der Waals surface area contributed by atoms with E-state index in [4.69, 9.17) is 14.2 Å². The Bertz CT molecular complexity index is 833. The molecule has 1 aromatic rings. The Morgan fingerprint density at radius 1 is 1.06 bits per heavy atom. The highest BCUT2D eigenvalue weighted by Gasteiger charge is 2.51. The van der Waals surface area contributed by atoms with Crippen molar-refractivity contribution in [1.82, 2.24) is 0 Å². The number of hydrogen-bond acceptors (Lipinski definition) is 4. The minimum Gasteiger partial charge on any atom is -0.459 e. The van der Waals surface area contributed by atoms with Gasteiger partial charge < -0.3 is 14.2 Å². The molecule has 1 saturated heterocycles. The maximum atomic E-state index is 13.0. The summed E-state index contributed by atoms with van der Waals surface area (Å²) >= 11 is 0. The maximum Gasteiger partial charge on any atom is 0.330 e. The van der Waals surface area contributed by atoms with Gasteiger partial charge in [0.15, 0.2) is 5.79 Å². The summed E-state index contributed by atoms with van der Waals surface area (Å²) in [6, 6.07) is 10.7. The fourth-order valence-electron chi connectivity index (χ4n) is 7.02. The third-order valence-electron chi connectivity index (χ3n) is 8.76. The molecule has 0 aromatic heterocycles. The van der Waals surface area contributed by atoms with E-state index in [1.54, 1.807) is 0 Å². The summed E-state index contributed by atoms with van der Waals surface area (Å²) in [6.45, 7) is 8.34. The molecule has 3 aliphatic carbocycles. The van der Waals surface area contributed by atoms with Crippen LogP contribution in [0.1, 0.15) is 71.3 Å². The zero-order chi connectivity index (χ0) is 22.3. The van der Waals surface area contributed by atoms with Crippen molar-refractivity contribution in [3.05, 3.63) is 47.5 Å². The van der Waals surface area contributed by atoms with Crippen LogP contribution in [0.25, 0.3) is 0 Å². The lowest BCUT2D eigenvalue weighted by atomic mass is 9.64. The van der Waals surface area contributed by atoms with E-state index < -0.39 is 0 Å². The Labute approximate surface area is 192 Å². The predicted octanol–water partition coefficient (Wildman–Crippen LogP) is 5.80. The van der Waals surface area contributed by atoms with Crippen LogP contribution in [0.3, 0.4) is 0 Å². The topological polar surface area (TPSA) is 44.8 Å². The largest absolute Gasteiger partial charge is 0.459 e. The lowest BCUT2D eigenvalue weighted by Gasteiger charge is -2.43. The highest BCUT2D eigenvalue weighted by Crippen LogP contribution is 2.53. The van der Waals surface area contributed by atoms with Crippen LogP contribution in [0.4, 0.5) is 0 Å². The molecule has 0 bridgehead atoms. The van der Waals surface area contributed by atoms with E-state index in [-0.39, 0.29) is 23.3 Å². The first-order valence-corrected chi connectivity index (χ1v) is 12.6. The monoisotopic (exact) mass is 438 g/mol. The van der Waals surface area contributed by atoms with Gasteiger partial charge in [0.2, 0.25) is 0 Å². The molecule has 0 unspecified atom stereocenters. The first-order chi connectivity index (χ1) is 15.3. The van der Waals surface area contributed by atoms with Crippen LogP contribution in [0.2, 0.25) is 0 Å². The fourth-order valence-corrected chi connectivity index (χ4v) is 7.02. The number of ether oxygens (including phenoxy) is 3. The average molecular weight is 439 g/mol. The van der Waals surface area contributed by atoms with E-state index in [1.807, 2.05) is 6.08 Å². The number of carbonyl (C=O) groups excluding carboxylic acids is 1. The molecule has 1 spiro atoms.